The normalized spacial score (nSPS) is 44.5. The molecule has 5 fully saturated rings. The summed E-state index contributed by atoms with van der Waals surface area (Å²) < 4.78 is 0. The van der Waals surface area contributed by atoms with Gasteiger partial charge in [-0.1, -0.05) is 30.4 Å². The van der Waals surface area contributed by atoms with Gasteiger partial charge in [-0.3, -0.25) is 9.80 Å². The van der Waals surface area contributed by atoms with Gasteiger partial charge in [-0.15, -0.1) is 0 Å². The van der Waals surface area contributed by atoms with E-state index in [1.165, 1.54) is 43.3 Å². The highest BCUT2D eigenvalue weighted by Crippen LogP contribution is 2.76. The Hall–Kier alpha value is -1.61. The predicted octanol–water partition coefficient (Wildman–Crippen LogP) is 5.57. The van der Waals surface area contributed by atoms with Crippen LogP contribution >= 0.6 is 0 Å². The Kier molecular flexibility index (Phi) is 3.81. The Labute approximate surface area is 186 Å². The number of carbonyl (C=O) groups excluding carboxylic acids is 1. The number of nitrogens with zero attached hydrogens (tertiary/aromatic N) is 2. The van der Waals surface area contributed by atoms with Crippen molar-refractivity contribution in [2.24, 2.45) is 29.1 Å². The number of hydrazine groups is 1. The molecule has 3 nitrogen and oxygen atoms in total. The summed E-state index contributed by atoms with van der Waals surface area (Å²) in [6, 6.07) is 0.470. The Morgan fingerprint density at radius 3 is 2.45 bits per heavy atom. The number of hydrogen-bond donors (Lipinski definition) is 0. The maximum atomic E-state index is 13.5. The molecule has 4 saturated carbocycles. The lowest BCUT2D eigenvalue weighted by molar-refractivity contribution is -0.234. The standard InChI is InChI=1S/C28H36N2O/c1-27(2)26(31)30(25-20-12-22-14-23-13-21(25)16-28(22,23)15-20)29(27)17-19-10-6-7-11-24(19)18-8-4-3-5-9-18/h3-4,6,8,10,20-23,25H,5,7,9,11-17H2,1-2H3. The van der Waals surface area contributed by atoms with Gasteiger partial charge in [0.25, 0.3) is 5.91 Å². The van der Waals surface area contributed by atoms with Crippen molar-refractivity contribution in [2.45, 2.75) is 83.2 Å². The van der Waals surface area contributed by atoms with E-state index in [9.17, 15) is 4.79 Å². The molecular weight excluding hydrogens is 380 g/mol. The second-order valence-electron chi connectivity index (χ2n) is 12.1. The van der Waals surface area contributed by atoms with Crippen molar-refractivity contribution >= 4 is 5.91 Å². The molecular formula is C28H36N2O. The fourth-order valence-electron chi connectivity index (χ4n) is 9.12. The molecule has 3 heteroatoms. The second kappa shape index (κ2) is 6.25. The zero-order valence-corrected chi connectivity index (χ0v) is 19.1. The second-order valence-corrected chi connectivity index (χ2v) is 12.1. The van der Waals surface area contributed by atoms with Gasteiger partial charge in [0.05, 0.1) is 6.04 Å². The average Bonchev–Trinajstić information content (AvgIpc) is 3.16. The van der Waals surface area contributed by atoms with E-state index in [0.717, 1.165) is 55.9 Å². The number of carbonyl (C=O) groups is 1. The van der Waals surface area contributed by atoms with Gasteiger partial charge in [-0.2, -0.15) is 5.01 Å². The Balaban J connectivity index is 1.21. The summed E-state index contributed by atoms with van der Waals surface area (Å²) in [6.45, 7) is 5.18. The van der Waals surface area contributed by atoms with Gasteiger partial charge in [0.1, 0.15) is 5.54 Å². The van der Waals surface area contributed by atoms with E-state index < -0.39 is 0 Å². The average molecular weight is 417 g/mol. The van der Waals surface area contributed by atoms with Gasteiger partial charge in [0.2, 0.25) is 0 Å². The summed E-state index contributed by atoms with van der Waals surface area (Å²) in [5, 5.41) is 4.76. The van der Waals surface area contributed by atoms with Crippen LogP contribution in [-0.4, -0.2) is 34.1 Å². The summed E-state index contributed by atoms with van der Waals surface area (Å²) in [4.78, 5) is 13.5. The molecule has 7 rings (SSSR count). The van der Waals surface area contributed by atoms with Gasteiger partial charge in [0.15, 0.2) is 0 Å². The molecule has 3 bridgehead atoms. The summed E-state index contributed by atoms with van der Waals surface area (Å²) in [7, 11) is 0. The van der Waals surface area contributed by atoms with Crippen molar-refractivity contribution in [2.75, 3.05) is 6.54 Å². The van der Waals surface area contributed by atoms with Crippen LogP contribution in [0.2, 0.25) is 0 Å². The van der Waals surface area contributed by atoms with Crippen molar-refractivity contribution in [1.29, 1.82) is 0 Å². The third kappa shape index (κ3) is 2.37. The molecule has 0 aromatic heterocycles. The lowest BCUT2D eigenvalue weighted by Gasteiger charge is -2.61. The maximum Gasteiger partial charge on any atom is 0.258 e. The van der Waals surface area contributed by atoms with Crippen molar-refractivity contribution in [3.8, 4) is 0 Å². The molecule has 4 unspecified atom stereocenters. The molecule has 1 spiro atoms. The van der Waals surface area contributed by atoms with Gasteiger partial charge in [-0.05, 0) is 117 Å². The zero-order chi connectivity index (χ0) is 21.0. The van der Waals surface area contributed by atoms with Crippen molar-refractivity contribution in [1.82, 2.24) is 10.0 Å². The predicted molar refractivity (Wildman–Crippen MR) is 123 cm³/mol. The topological polar surface area (TPSA) is 23.6 Å². The molecule has 0 aromatic carbocycles. The minimum absolute atomic E-state index is 0.374. The van der Waals surface area contributed by atoms with Crippen molar-refractivity contribution < 1.29 is 4.79 Å². The highest BCUT2D eigenvalue weighted by Gasteiger charge is 2.72. The minimum Gasteiger partial charge on any atom is -0.271 e. The lowest BCUT2D eigenvalue weighted by atomic mass is 9.56. The summed E-state index contributed by atoms with van der Waals surface area (Å²) >= 11 is 0. The fraction of sp³-hybridized carbons (Fsp3) is 0.679. The minimum atomic E-state index is -0.376. The van der Waals surface area contributed by atoms with E-state index in [0.29, 0.717) is 17.4 Å². The van der Waals surface area contributed by atoms with Crippen LogP contribution < -0.4 is 0 Å². The van der Waals surface area contributed by atoms with Gasteiger partial charge < -0.3 is 0 Å². The lowest BCUT2D eigenvalue weighted by Crippen LogP contribution is -2.78. The van der Waals surface area contributed by atoms with Crippen LogP contribution in [0.4, 0.5) is 0 Å². The summed E-state index contributed by atoms with van der Waals surface area (Å²) in [6.07, 6.45) is 23.2. The van der Waals surface area contributed by atoms with Crippen molar-refractivity contribution in [3.63, 3.8) is 0 Å². The van der Waals surface area contributed by atoms with E-state index in [1.807, 2.05) is 0 Å². The Morgan fingerprint density at radius 2 is 1.74 bits per heavy atom. The molecule has 0 aromatic rings. The van der Waals surface area contributed by atoms with Gasteiger partial charge >= 0.3 is 0 Å². The molecule has 1 heterocycles. The highest BCUT2D eigenvalue weighted by atomic mass is 16.2. The van der Waals surface area contributed by atoms with Crippen LogP contribution in [0.5, 0.6) is 0 Å². The SMILES string of the molecule is CC1(C)C(=O)N(C2C3CC4CC5CC2CC45C3)N1CC1=C(C2=CC=CCC2)CCC=C1. The highest BCUT2D eigenvalue weighted by molar-refractivity contribution is 5.90. The van der Waals surface area contributed by atoms with Gasteiger partial charge in [-0.25, -0.2) is 0 Å². The number of rotatable bonds is 4. The zero-order valence-electron chi connectivity index (χ0n) is 19.1. The molecule has 4 atom stereocenters. The summed E-state index contributed by atoms with van der Waals surface area (Å²) in [5.41, 5.74) is 4.85. The Morgan fingerprint density at radius 1 is 1.00 bits per heavy atom. The molecule has 0 radical (unpaired) electrons. The molecule has 7 aliphatic rings. The van der Waals surface area contributed by atoms with Crippen LogP contribution in [0.25, 0.3) is 0 Å². The molecule has 6 aliphatic carbocycles. The fourth-order valence-corrected chi connectivity index (χ4v) is 9.12. The first-order valence-corrected chi connectivity index (χ1v) is 12.8. The number of amides is 1. The molecule has 31 heavy (non-hydrogen) atoms. The van der Waals surface area contributed by atoms with Crippen LogP contribution in [0.3, 0.4) is 0 Å². The largest absolute Gasteiger partial charge is 0.271 e. The monoisotopic (exact) mass is 416 g/mol. The van der Waals surface area contributed by atoms with Gasteiger partial charge in [0, 0.05) is 6.54 Å². The van der Waals surface area contributed by atoms with E-state index >= 15 is 0 Å². The first-order chi connectivity index (χ1) is 15.0. The van der Waals surface area contributed by atoms with Crippen LogP contribution in [-0.2, 0) is 4.79 Å². The number of allylic oxidation sites excluding steroid dienone is 6. The third-order valence-electron chi connectivity index (χ3n) is 10.5. The molecule has 164 valence electrons. The van der Waals surface area contributed by atoms with Crippen LogP contribution in [0.15, 0.2) is 47.1 Å². The first kappa shape index (κ1) is 18.9. The first-order valence-electron chi connectivity index (χ1n) is 12.8. The Bertz CT molecular complexity index is 941. The van der Waals surface area contributed by atoms with E-state index in [1.54, 1.807) is 5.57 Å². The van der Waals surface area contributed by atoms with E-state index in [4.69, 9.17) is 0 Å². The van der Waals surface area contributed by atoms with Crippen LogP contribution in [0, 0.1) is 29.1 Å². The molecule has 1 saturated heterocycles. The number of fused-ring (bicyclic) bond motifs is 2. The smallest absolute Gasteiger partial charge is 0.258 e. The van der Waals surface area contributed by atoms with E-state index in [-0.39, 0.29) is 5.54 Å². The third-order valence-corrected chi connectivity index (χ3v) is 10.5. The van der Waals surface area contributed by atoms with Crippen molar-refractivity contribution in [3.05, 3.63) is 47.1 Å². The number of hydrogen-bond acceptors (Lipinski definition) is 2. The molecule has 1 aliphatic heterocycles. The van der Waals surface area contributed by atoms with Crippen LogP contribution in [0.1, 0.15) is 71.6 Å². The maximum absolute atomic E-state index is 13.5. The quantitative estimate of drug-likeness (QED) is 0.598. The molecule has 0 N–H and O–H groups in total. The molecule has 1 amide bonds. The summed E-state index contributed by atoms with van der Waals surface area (Å²) in [5.74, 6) is 3.84. The van der Waals surface area contributed by atoms with E-state index in [2.05, 4.69) is 54.2 Å².